The van der Waals surface area contributed by atoms with E-state index in [2.05, 4.69) is 58.0 Å². The third-order valence-electron chi connectivity index (χ3n) is 2.33. The lowest BCUT2D eigenvalue weighted by molar-refractivity contribution is 1.29. The Labute approximate surface area is 114 Å². The number of anilines is 2. The topological polar surface area (TPSA) is 48.7 Å². The number of nitrogens with zero attached hydrogens (tertiary/aromatic N) is 2. The predicted octanol–water partition coefficient (Wildman–Crippen LogP) is 3.61. The van der Waals surface area contributed by atoms with Gasteiger partial charge in [-0.2, -0.15) is 5.26 Å². The van der Waals surface area contributed by atoms with E-state index >= 15 is 0 Å². The standard InChI is InChI=1S/C13H10IN3/c1-9-2-3-11(7-12(9)14)17-13-6-10(8-15)4-5-16-13/h2-7H,1H3,(H,16,17). The van der Waals surface area contributed by atoms with E-state index in [1.54, 1.807) is 18.3 Å². The van der Waals surface area contributed by atoms with Crippen LogP contribution in [0.15, 0.2) is 36.5 Å². The van der Waals surface area contributed by atoms with E-state index < -0.39 is 0 Å². The summed E-state index contributed by atoms with van der Waals surface area (Å²) in [7, 11) is 0. The molecule has 0 aliphatic rings. The zero-order chi connectivity index (χ0) is 12.3. The van der Waals surface area contributed by atoms with Crippen LogP contribution in [0.1, 0.15) is 11.1 Å². The average molecular weight is 335 g/mol. The molecule has 0 atom stereocenters. The molecule has 0 saturated carbocycles. The van der Waals surface area contributed by atoms with Gasteiger partial charge in [0.2, 0.25) is 0 Å². The average Bonchev–Trinajstić information content (AvgIpc) is 2.34. The molecule has 0 aliphatic carbocycles. The van der Waals surface area contributed by atoms with E-state index in [-0.39, 0.29) is 0 Å². The molecule has 0 unspecified atom stereocenters. The molecular weight excluding hydrogens is 325 g/mol. The number of halogens is 1. The van der Waals surface area contributed by atoms with Gasteiger partial charge < -0.3 is 5.32 Å². The summed E-state index contributed by atoms with van der Waals surface area (Å²) in [6.45, 7) is 2.07. The Morgan fingerprint density at radius 3 is 2.82 bits per heavy atom. The van der Waals surface area contributed by atoms with Crippen LogP contribution in [0.2, 0.25) is 0 Å². The number of benzene rings is 1. The van der Waals surface area contributed by atoms with Crippen molar-refractivity contribution in [3.8, 4) is 6.07 Å². The third kappa shape index (κ3) is 2.94. The van der Waals surface area contributed by atoms with Crippen LogP contribution in [-0.2, 0) is 0 Å². The highest BCUT2D eigenvalue weighted by atomic mass is 127. The quantitative estimate of drug-likeness (QED) is 0.853. The van der Waals surface area contributed by atoms with Crippen molar-refractivity contribution in [3.05, 3.63) is 51.2 Å². The van der Waals surface area contributed by atoms with Gasteiger partial charge in [0.05, 0.1) is 11.6 Å². The lowest BCUT2D eigenvalue weighted by Crippen LogP contribution is -1.94. The first-order chi connectivity index (χ1) is 8.19. The number of nitriles is 1. The molecule has 0 aliphatic heterocycles. The number of rotatable bonds is 2. The summed E-state index contributed by atoms with van der Waals surface area (Å²) in [5, 5.41) is 12.0. The van der Waals surface area contributed by atoms with E-state index in [9.17, 15) is 0 Å². The zero-order valence-electron chi connectivity index (χ0n) is 9.24. The van der Waals surface area contributed by atoms with Crippen LogP contribution >= 0.6 is 22.6 Å². The third-order valence-corrected chi connectivity index (χ3v) is 3.50. The van der Waals surface area contributed by atoms with Gasteiger partial charge in [-0.15, -0.1) is 0 Å². The molecule has 0 radical (unpaired) electrons. The molecule has 1 heterocycles. The summed E-state index contributed by atoms with van der Waals surface area (Å²) in [6, 6.07) is 11.6. The van der Waals surface area contributed by atoms with E-state index in [1.165, 1.54) is 9.13 Å². The highest BCUT2D eigenvalue weighted by Crippen LogP contribution is 2.20. The fraction of sp³-hybridized carbons (Fsp3) is 0.0769. The van der Waals surface area contributed by atoms with E-state index in [0.29, 0.717) is 11.4 Å². The van der Waals surface area contributed by atoms with Gasteiger partial charge in [-0.05, 0) is 59.3 Å². The Kier molecular flexibility index (Phi) is 3.59. The highest BCUT2D eigenvalue weighted by molar-refractivity contribution is 14.1. The van der Waals surface area contributed by atoms with Gasteiger partial charge in [0.1, 0.15) is 5.82 Å². The van der Waals surface area contributed by atoms with Crippen molar-refractivity contribution < 1.29 is 0 Å². The molecule has 0 spiro atoms. The molecule has 84 valence electrons. The van der Waals surface area contributed by atoms with Crippen molar-refractivity contribution in [1.82, 2.24) is 4.98 Å². The van der Waals surface area contributed by atoms with Crippen molar-refractivity contribution in [1.29, 1.82) is 5.26 Å². The minimum absolute atomic E-state index is 0.601. The maximum atomic E-state index is 8.80. The van der Waals surface area contributed by atoms with Crippen LogP contribution in [-0.4, -0.2) is 4.98 Å². The Bertz CT molecular complexity index is 587. The largest absolute Gasteiger partial charge is 0.340 e. The van der Waals surface area contributed by atoms with Crippen molar-refractivity contribution in [2.24, 2.45) is 0 Å². The van der Waals surface area contributed by atoms with E-state index in [0.717, 1.165) is 5.69 Å². The van der Waals surface area contributed by atoms with E-state index in [1.807, 2.05) is 6.07 Å². The lowest BCUT2D eigenvalue weighted by atomic mass is 10.2. The summed E-state index contributed by atoms with van der Waals surface area (Å²) in [4.78, 5) is 4.17. The second-order valence-corrected chi connectivity index (χ2v) is 4.79. The second kappa shape index (κ2) is 5.15. The molecular formula is C13H10IN3. The summed E-state index contributed by atoms with van der Waals surface area (Å²) in [6.07, 6.45) is 1.63. The molecule has 1 aromatic carbocycles. The first-order valence-corrected chi connectivity index (χ1v) is 6.16. The molecule has 0 saturated heterocycles. The van der Waals surface area contributed by atoms with Crippen LogP contribution in [0.5, 0.6) is 0 Å². The van der Waals surface area contributed by atoms with Crippen LogP contribution in [0.3, 0.4) is 0 Å². The monoisotopic (exact) mass is 335 g/mol. The molecule has 3 nitrogen and oxygen atoms in total. The number of hydrogen-bond acceptors (Lipinski definition) is 3. The Hall–Kier alpha value is -1.61. The SMILES string of the molecule is Cc1ccc(Nc2cc(C#N)ccn2)cc1I. The molecule has 0 bridgehead atoms. The normalized spacial score (nSPS) is 9.71. The molecule has 2 aromatic rings. The smallest absolute Gasteiger partial charge is 0.131 e. The Morgan fingerprint density at radius 1 is 1.29 bits per heavy atom. The number of pyridine rings is 1. The minimum Gasteiger partial charge on any atom is -0.340 e. The van der Waals surface area contributed by atoms with Gasteiger partial charge in [-0.1, -0.05) is 6.07 Å². The number of hydrogen-bond donors (Lipinski definition) is 1. The predicted molar refractivity (Wildman–Crippen MR) is 76.1 cm³/mol. The molecule has 17 heavy (non-hydrogen) atoms. The molecule has 0 fully saturated rings. The first kappa shape index (κ1) is 11.9. The molecule has 1 N–H and O–H groups in total. The van der Waals surface area contributed by atoms with Crippen LogP contribution in [0, 0.1) is 21.8 Å². The lowest BCUT2D eigenvalue weighted by Gasteiger charge is -2.07. The summed E-state index contributed by atoms with van der Waals surface area (Å²) >= 11 is 2.29. The molecule has 0 amide bonds. The van der Waals surface area contributed by atoms with Gasteiger partial charge >= 0.3 is 0 Å². The number of nitrogens with one attached hydrogen (secondary N) is 1. The summed E-state index contributed by atoms with van der Waals surface area (Å²) in [5.74, 6) is 0.684. The fourth-order valence-corrected chi connectivity index (χ4v) is 1.90. The Morgan fingerprint density at radius 2 is 2.12 bits per heavy atom. The van der Waals surface area contributed by atoms with Gasteiger partial charge in [0.25, 0.3) is 0 Å². The summed E-state index contributed by atoms with van der Waals surface area (Å²) < 4.78 is 1.20. The van der Waals surface area contributed by atoms with Gasteiger partial charge in [-0.25, -0.2) is 4.98 Å². The maximum Gasteiger partial charge on any atom is 0.131 e. The number of aryl methyl sites for hydroxylation is 1. The number of aromatic nitrogens is 1. The highest BCUT2D eigenvalue weighted by Gasteiger charge is 2.00. The fourth-order valence-electron chi connectivity index (χ4n) is 1.39. The molecule has 2 rings (SSSR count). The molecule has 4 heteroatoms. The van der Waals surface area contributed by atoms with Crippen molar-refractivity contribution in [2.45, 2.75) is 6.92 Å². The van der Waals surface area contributed by atoms with Crippen molar-refractivity contribution in [2.75, 3.05) is 5.32 Å². The van der Waals surface area contributed by atoms with Crippen LogP contribution < -0.4 is 5.32 Å². The van der Waals surface area contributed by atoms with Crippen molar-refractivity contribution in [3.63, 3.8) is 0 Å². The van der Waals surface area contributed by atoms with Gasteiger partial charge in [0.15, 0.2) is 0 Å². The zero-order valence-corrected chi connectivity index (χ0v) is 11.4. The second-order valence-electron chi connectivity index (χ2n) is 3.63. The minimum atomic E-state index is 0.601. The van der Waals surface area contributed by atoms with Crippen molar-refractivity contribution >= 4 is 34.1 Å². The summed E-state index contributed by atoms with van der Waals surface area (Å²) in [5.41, 5.74) is 2.82. The first-order valence-electron chi connectivity index (χ1n) is 5.08. The molecule has 1 aromatic heterocycles. The van der Waals surface area contributed by atoms with Crippen LogP contribution in [0.4, 0.5) is 11.5 Å². The Balaban J connectivity index is 2.25. The van der Waals surface area contributed by atoms with Crippen LogP contribution in [0.25, 0.3) is 0 Å². The van der Waals surface area contributed by atoms with Gasteiger partial charge in [0, 0.05) is 15.5 Å². The van der Waals surface area contributed by atoms with Gasteiger partial charge in [-0.3, -0.25) is 0 Å². The maximum absolute atomic E-state index is 8.80. The van der Waals surface area contributed by atoms with E-state index in [4.69, 9.17) is 5.26 Å².